The van der Waals surface area contributed by atoms with Crippen LogP contribution in [0.1, 0.15) is 88.5 Å². The summed E-state index contributed by atoms with van der Waals surface area (Å²) in [7, 11) is 0. The number of aryl methyl sites for hydroxylation is 2. The van der Waals surface area contributed by atoms with Crippen LogP contribution in [0.25, 0.3) is 0 Å². The summed E-state index contributed by atoms with van der Waals surface area (Å²) in [5.74, 6) is 3.28. The quantitative estimate of drug-likeness (QED) is 0.432. The molecular formula is C41H50Cl2Zr. The van der Waals surface area contributed by atoms with E-state index in [0.29, 0.717) is 5.92 Å². The molecule has 0 nitrogen and oxygen atoms in total. The molecule has 0 saturated heterocycles. The Balaban J connectivity index is 0.00000192. The summed E-state index contributed by atoms with van der Waals surface area (Å²) in [5.41, 5.74) is 6.43. The van der Waals surface area contributed by atoms with Crippen molar-refractivity contribution >= 4 is 3.21 Å². The first-order valence-electron chi connectivity index (χ1n) is 16.8. The molecule has 0 spiro atoms. The second-order valence-corrected chi connectivity index (χ2v) is 21.5. The summed E-state index contributed by atoms with van der Waals surface area (Å²) in [5, 5.41) is 0. The van der Waals surface area contributed by atoms with Gasteiger partial charge in [0.1, 0.15) is 0 Å². The molecule has 0 aromatic heterocycles. The molecule has 0 radical (unpaired) electrons. The Hall–Kier alpha value is -1.27. The van der Waals surface area contributed by atoms with Crippen LogP contribution in [0, 0.1) is 53.8 Å². The number of allylic oxidation sites excluding steroid dienone is 8. The summed E-state index contributed by atoms with van der Waals surface area (Å²) in [6.45, 7) is 15.3. The first kappa shape index (κ1) is 34.1. The number of benzene rings is 2. The Morgan fingerprint density at radius 1 is 0.795 bits per heavy atom. The number of hydrogen-bond acceptors (Lipinski definition) is 0. The van der Waals surface area contributed by atoms with Gasteiger partial charge < -0.3 is 24.8 Å². The molecule has 7 rings (SSSR count). The minimum absolute atomic E-state index is 0. The topological polar surface area (TPSA) is 0 Å². The van der Waals surface area contributed by atoms with Crippen LogP contribution >= 0.6 is 0 Å². The van der Waals surface area contributed by atoms with E-state index in [2.05, 4.69) is 133 Å². The fraction of sp³-hybridized carbons (Fsp3) is 0.488. The fourth-order valence-corrected chi connectivity index (χ4v) is 22.2. The maximum Gasteiger partial charge on any atom is -1.00 e. The van der Waals surface area contributed by atoms with Gasteiger partial charge in [0.05, 0.1) is 0 Å². The van der Waals surface area contributed by atoms with Gasteiger partial charge in [0.15, 0.2) is 0 Å². The molecule has 5 aliphatic rings. The van der Waals surface area contributed by atoms with Gasteiger partial charge in [0.25, 0.3) is 0 Å². The van der Waals surface area contributed by atoms with E-state index in [1.807, 2.05) is 3.28 Å². The molecular weight excluding hydrogens is 655 g/mol. The van der Waals surface area contributed by atoms with Crippen molar-refractivity contribution in [3.63, 3.8) is 0 Å². The third kappa shape index (κ3) is 4.97. The van der Waals surface area contributed by atoms with Crippen molar-refractivity contribution in [1.29, 1.82) is 0 Å². The van der Waals surface area contributed by atoms with Gasteiger partial charge in [-0.2, -0.15) is 0 Å². The zero-order valence-corrected chi connectivity index (χ0v) is 31.5. The summed E-state index contributed by atoms with van der Waals surface area (Å²) < 4.78 is 4.41. The van der Waals surface area contributed by atoms with Crippen LogP contribution in [0.2, 0.25) is 3.63 Å². The molecule has 2 aromatic carbocycles. The maximum atomic E-state index is 2.84. The zero-order chi connectivity index (χ0) is 29.3. The Labute approximate surface area is 287 Å². The van der Waals surface area contributed by atoms with Crippen LogP contribution in [0.4, 0.5) is 0 Å². The van der Waals surface area contributed by atoms with E-state index in [0.717, 1.165) is 21.4 Å². The minimum atomic E-state index is -2.58. The molecule has 44 heavy (non-hydrogen) atoms. The van der Waals surface area contributed by atoms with Crippen molar-refractivity contribution in [1.82, 2.24) is 0 Å². The van der Waals surface area contributed by atoms with E-state index in [-0.39, 0.29) is 41.1 Å². The van der Waals surface area contributed by atoms with Crippen LogP contribution in [-0.2, 0) is 21.3 Å². The number of fused-ring (bicyclic) bond motifs is 5. The van der Waals surface area contributed by atoms with E-state index < -0.39 is 21.3 Å². The number of halogens is 2. The van der Waals surface area contributed by atoms with E-state index in [1.165, 1.54) is 60.8 Å². The monoisotopic (exact) mass is 702 g/mol. The molecule has 8 unspecified atom stereocenters. The van der Waals surface area contributed by atoms with Crippen LogP contribution in [-0.4, -0.2) is 3.21 Å². The smallest absolute Gasteiger partial charge is 1.00 e. The van der Waals surface area contributed by atoms with Crippen molar-refractivity contribution in [3.05, 3.63) is 117 Å². The molecule has 0 bridgehead atoms. The summed E-state index contributed by atoms with van der Waals surface area (Å²) >= 11 is -2.58. The summed E-state index contributed by atoms with van der Waals surface area (Å²) in [6, 6.07) is 19.2. The average molecular weight is 705 g/mol. The Bertz CT molecular complexity index is 1510. The molecule has 3 heteroatoms. The fourth-order valence-electron chi connectivity index (χ4n) is 11.0. The van der Waals surface area contributed by atoms with Crippen molar-refractivity contribution < 1.29 is 46.1 Å². The first-order chi connectivity index (χ1) is 20.2. The van der Waals surface area contributed by atoms with Crippen LogP contribution in [0.3, 0.4) is 0 Å². The van der Waals surface area contributed by atoms with Gasteiger partial charge in [-0.3, -0.25) is 0 Å². The van der Waals surface area contributed by atoms with Crippen molar-refractivity contribution in [3.8, 4) is 0 Å². The predicted octanol–water partition coefficient (Wildman–Crippen LogP) is 4.75. The molecule has 0 aliphatic heterocycles. The molecule has 0 amide bonds. The minimum Gasteiger partial charge on any atom is -1.00 e. The van der Waals surface area contributed by atoms with Gasteiger partial charge in [-0.15, -0.1) is 0 Å². The number of hydrogen-bond donors (Lipinski definition) is 0. The van der Waals surface area contributed by atoms with E-state index in [4.69, 9.17) is 0 Å². The molecule has 8 atom stereocenters. The van der Waals surface area contributed by atoms with E-state index >= 15 is 0 Å². The molecule has 5 aliphatic carbocycles. The molecule has 0 N–H and O–H groups in total. The van der Waals surface area contributed by atoms with Crippen LogP contribution < -0.4 is 24.8 Å². The molecule has 3 fully saturated rings. The van der Waals surface area contributed by atoms with Gasteiger partial charge in [0.2, 0.25) is 0 Å². The van der Waals surface area contributed by atoms with E-state index in [1.54, 1.807) is 3.21 Å². The van der Waals surface area contributed by atoms with Gasteiger partial charge >= 0.3 is 265 Å². The number of rotatable bonds is 4. The van der Waals surface area contributed by atoms with Crippen LogP contribution in [0.15, 0.2) is 94.3 Å². The second kappa shape index (κ2) is 12.7. The molecule has 2 aromatic rings. The molecule has 0 heterocycles. The third-order valence-electron chi connectivity index (χ3n) is 13.4. The van der Waals surface area contributed by atoms with Crippen molar-refractivity contribution in [2.75, 3.05) is 0 Å². The average Bonchev–Trinajstić information content (AvgIpc) is 3.59. The zero-order valence-electron chi connectivity index (χ0n) is 27.5. The Morgan fingerprint density at radius 3 is 2.00 bits per heavy atom. The van der Waals surface area contributed by atoms with Gasteiger partial charge in [-0.1, -0.05) is 0 Å². The molecule has 232 valence electrons. The van der Waals surface area contributed by atoms with E-state index in [9.17, 15) is 0 Å². The Morgan fingerprint density at radius 2 is 1.41 bits per heavy atom. The predicted molar refractivity (Wildman–Crippen MR) is 176 cm³/mol. The van der Waals surface area contributed by atoms with Crippen molar-refractivity contribution in [2.24, 2.45) is 39.9 Å². The Kier molecular flexibility index (Phi) is 9.86. The second-order valence-electron chi connectivity index (χ2n) is 15.2. The molecule has 3 saturated carbocycles. The normalized spacial score (nSPS) is 36.1. The standard InChI is InChI=1S/C21H31.C15H14.C5H5.2ClH.Zr/c1-15-13-18-17-10-6-5-9-16(17)14-20(18,3)21(4)12-8-7-11-19(15,21)2;1-12-5-3-7-14(9-12)11-15-8-4-6-13(2)10-15;1-2-4-5-3-1;;;/h7-8,11-12,14-18H,5-6,9-10,13H2,1-4H3;3-10H,1-2H3;1-3H,4H2;2*1H;/q;;;;;+2/p-2. The SMILES string of the molecule is Cc1cccc([C](c2cccc(C)c2)=[Zr+2]([C]2=CC=CC2)[CH]2C3CCCCC3C3CC(C)C4(C)C=CC=CC4(C)C32C)c1.[Cl-].[Cl-]. The summed E-state index contributed by atoms with van der Waals surface area (Å²) in [4.78, 5) is 0. The van der Waals surface area contributed by atoms with Crippen molar-refractivity contribution in [2.45, 2.75) is 83.7 Å². The first-order valence-corrected chi connectivity index (χ1v) is 20.7. The maximum absolute atomic E-state index is 2.84. The van der Waals surface area contributed by atoms with Gasteiger partial charge in [-0.25, -0.2) is 0 Å². The van der Waals surface area contributed by atoms with Crippen LogP contribution in [0.5, 0.6) is 0 Å². The third-order valence-corrected chi connectivity index (χ3v) is 22.8. The summed E-state index contributed by atoms with van der Waals surface area (Å²) in [6.07, 6.45) is 25.9. The largest absolute Gasteiger partial charge is 1.00 e. The van der Waals surface area contributed by atoms with Gasteiger partial charge in [0, 0.05) is 0 Å². The van der Waals surface area contributed by atoms with Gasteiger partial charge in [-0.05, 0) is 0 Å².